The molecule has 0 spiro atoms. The fraction of sp³-hybridized carbons (Fsp3) is 0.486. The lowest BCUT2D eigenvalue weighted by Crippen LogP contribution is -2.36. The quantitative estimate of drug-likeness (QED) is 0.179. The van der Waals surface area contributed by atoms with Gasteiger partial charge in [-0.15, -0.1) is 0 Å². The van der Waals surface area contributed by atoms with Gasteiger partial charge in [0.2, 0.25) is 0 Å². The summed E-state index contributed by atoms with van der Waals surface area (Å²) >= 11 is 0. The summed E-state index contributed by atoms with van der Waals surface area (Å²) in [6.07, 6.45) is 0. The lowest BCUT2D eigenvalue weighted by Gasteiger charge is -2.29. The molecule has 3 aliphatic rings. The van der Waals surface area contributed by atoms with Crippen LogP contribution < -0.4 is 4.90 Å². The Hall–Kier alpha value is -4.13. The molecular formula is C37H46N4O9. The third kappa shape index (κ3) is 9.15. The maximum absolute atomic E-state index is 14.4. The van der Waals surface area contributed by atoms with Crippen LogP contribution in [0.15, 0.2) is 59.7 Å². The van der Waals surface area contributed by atoms with Crippen molar-refractivity contribution in [2.75, 3.05) is 125 Å². The summed E-state index contributed by atoms with van der Waals surface area (Å²) in [6.45, 7) is 7.30. The molecule has 13 heteroatoms. The Kier molecular flexibility index (Phi) is 14.3. The average molecular weight is 691 g/mol. The van der Waals surface area contributed by atoms with Gasteiger partial charge in [0.05, 0.1) is 113 Å². The maximum atomic E-state index is 14.4. The normalized spacial score (nSPS) is 16.2. The molecule has 0 aliphatic carbocycles. The van der Waals surface area contributed by atoms with E-state index in [2.05, 4.69) is 11.0 Å². The molecule has 0 saturated carbocycles. The number of methoxy groups -OCH3 is 2. The van der Waals surface area contributed by atoms with Crippen molar-refractivity contribution in [3.63, 3.8) is 0 Å². The molecule has 3 aliphatic heterocycles. The number of amides is 2. The molecule has 0 atom stereocenters. The number of carbonyl (C=O) groups is 2. The van der Waals surface area contributed by atoms with Crippen LogP contribution in [-0.4, -0.2) is 141 Å². The van der Waals surface area contributed by atoms with Gasteiger partial charge in [-0.05, 0) is 35.4 Å². The number of nitriles is 1. The highest BCUT2D eigenvalue weighted by Gasteiger charge is 2.48. The number of hydrogen-bond acceptors (Lipinski definition) is 11. The molecule has 1 fully saturated rings. The molecule has 0 radical (unpaired) electrons. The van der Waals surface area contributed by atoms with E-state index in [1.165, 1.54) is 0 Å². The molecule has 5 rings (SSSR count). The van der Waals surface area contributed by atoms with Crippen LogP contribution in [0.5, 0.6) is 0 Å². The minimum atomic E-state index is -0.283. The average Bonchev–Trinajstić information content (AvgIpc) is 3.60. The number of ether oxygens (including phenoxy) is 7. The molecule has 2 aromatic rings. The summed E-state index contributed by atoms with van der Waals surface area (Å²) in [5.74, 6) is -0.565. The minimum absolute atomic E-state index is 0.224. The van der Waals surface area contributed by atoms with Gasteiger partial charge in [-0.2, -0.15) is 5.26 Å². The monoisotopic (exact) mass is 690 g/mol. The predicted molar refractivity (Wildman–Crippen MR) is 185 cm³/mol. The molecule has 268 valence electrons. The van der Waals surface area contributed by atoms with Gasteiger partial charge < -0.3 is 47.9 Å². The number of anilines is 1. The Morgan fingerprint density at radius 2 is 1.04 bits per heavy atom. The highest BCUT2D eigenvalue weighted by molar-refractivity contribution is 6.30. The Morgan fingerprint density at radius 3 is 1.48 bits per heavy atom. The van der Waals surface area contributed by atoms with E-state index in [0.29, 0.717) is 99.7 Å². The van der Waals surface area contributed by atoms with E-state index in [4.69, 9.17) is 33.2 Å². The molecule has 2 aromatic carbocycles. The summed E-state index contributed by atoms with van der Waals surface area (Å²) in [7, 11) is 3.23. The first-order chi connectivity index (χ1) is 24.6. The molecule has 1 saturated heterocycles. The van der Waals surface area contributed by atoms with Gasteiger partial charge in [0.15, 0.2) is 0 Å². The summed E-state index contributed by atoms with van der Waals surface area (Å²) < 4.78 is 38.2. The van der Waals surface area contributed by atoms with Gasteiger partial charge in [-0.1, -0.05) is 24.3 Å². The Labute approximate surface area is 293 Å². The Morgan fingerprint density at radius 1 is 0.620 bits per heavy atom. The zero-order chi connectivity index (χ0) is 35.1. The van der Waals surface area contributed by atoms with Crippen molar-refractivity contribution in [2.45, 2.75) is 0 Å². The standard InChI is InChI=1S/C37H46N4O9/c1-44-19-21-49-25-23-47-17-13-40-34(29-5-3-28(27-38)4-6-29)32-33(37(40)43)35(30-7-9-31(10-8-30)39-11-15-46-16-12-39)41(36(32)42)14-18-48-24-26-50-22-20-45-2/h3-10H,11-26H2,1-2H3. The summed E-state index contributed by atoms with van der Waals surface area (Å²) in [5.41, 5.74) is 4.66. The van der Waals surface area contributed by atoms with Crippen LogP contribution in [0.25, 0.3) is 11.4 Å². The second kappa shape index (κ2) is 19.3. The lowest BCUT2D eigenvalue weighted by atomic mass is 10.0. The fourth-order valence-electron chi connectivity index (χ4n) is 6.02. The van der Waals surface area contributed by atoms with Crippen LogP contribution in [-0.2, 0) is 42.7 Å². The van der Waals surface area contributed by atoms with Gasteiger partial charge in [0.1, 0.15) is 0 Å². The first kappa shape index (κ1) is 37.1. The van der Waals surface area contributed by atoms with Crippen LogP contribution in [0.2, 0.25) is 0 Å². The number of hydrogen-bond donors (Lipinski definition) is 0. The molecule has 0 aromatic heterocycles. The third-order valence-electron chi connectivity index (χ3n) is 8.51. The fourth-order valence-corrected chi connectivity index (χ4v) is 6.02. The van der Waals surface area contributed by atoms with Crippen LogP contribution in [0.1, 0.15) is 16.7 Å². The van der Waals surface area contributed by atoms with E-state index in [-0.39, 0.29) is 38.1 Å². The summed E-state index contributed by atoms with van der Waals surface area (Å²) in [4.78, 5) is 34.4. The van der Waals surface area contributed by atoms with Gasteiger partial charge in [0, 0.05) is 46.1 Å². The SMILES string of the molecule is COCCOCCOCCN1C(=O)C2=C(c3ccc(N4CCOCC4)cc3)N(CCOCCOCCOC)C(=O)C2=C1c1ccc(C#N)cc1. The molecular weight excluding hydrogens is 644 g/mol. The van der Waals surface area contributed by atoms with E-state index in [1.807, 2.05) is 24.3 Å². The number of nitrogens with zero attached hydrogens (tertiary/aromatic N) is 4. The van der Waals surface area contributed by atoms with E-state index in [0.717, 1.165) is 24.3 Å². The van der Waals surface area contributed by atoms with Crippen molar-refractivity contribution in [1.82, 2.24) is 9.80 Å². The lowest BCUT2D eigenvalue weighted by molar-refractivity contribution is -0.124. The first-order valence-electron chi connectivity index (χ1n) is 16.9. The molecule has 0 N–H and O–H groups in total. The highest BCUT2D eigenvalue weighted by atomic mass is 16.5. The number of fused-ring (bicyclic) bond motifs is 1. The second-order valence-electron chi connectivity index (χ2n) is 11.6. The van der Waals surface area contributed by atoms with Crippen molar-refractivity contribution >= 4 is 28.9 Å². The number of rotatable bonds is 21. The van der Waals surface area contributed by atoms with Gasteiger partial charge in [-0.25, -0.2) is 0 Å². The molecule has 50 heavy (non-hydrogen) atoms. The highest BCUT2D eigenvalue weighted by Crippen LogP contribution is 2.46. The smallest absolute Gasteiger partial charge is 0.261 e. The molecule has 13 nitrogen and oxygen atoms in total. The third-order valence-corrected chi connectivity index (χ3v) is 8.51. The molecule has 0 unspecified atom stereocenters. The number of benzene rings is 2. The van der Waals surface area contributed by atoms with E-state index in [1.54, 1.807) is 48.3 Å². The van der Waals surface area contributed by atoms with E-state index < -0.39 is 0 Å². The molecule has 0 bridgehead atoms. The van der Waals surface area contributed by atoms with Gasteiger partial charge in [-0.3, -0.25) is 9.59 Å². The Balaban J connectivity index is 1.44. The van der Waals surface area contributed by atoms with Crippen molar-refractivity contribution in [1.29, 1.82) is 5.26 Å². The van der Waals surface area contributed by atoms with Crippen molar-refractivity contribution < 1.29 is 42.7 Å². The first-order valence-corrected chi connectivity index (χ1v) is 16.9. The predicted octanol–water partition coefficient (Wildman–Crippen LogP) is 2.56. The van der Waals surface area contributed by atoms with E-state index in [9.17, 15) is 14.9 Å². The number of carbonyl (C=O) groups excluding carboxylic acids is 2. The summed E-state index contributed by atoms with van der Waals surface area (Å²) in [6, 6.07) is 17.0. The van der Waals surface area contributed by atoms with E-state index >= 15 is 0 Å². The van der Waals surface area contributed by atoms with Crippen LogP contribution in [0.4, 0.5) is 5.69 Å². The van der Waals surface area contributed by atoms with Crippen molar-refractivity contribution in [2.24, 2.45) is 0 Å². The topological polar surface area (TPSA) is 132 Å². The minimum Gasteiger partial charge on any atom is -0.382 e. The van der Waals surface area contributed by atoms with Gasteiger partial charge >= 0.3 is 0 Å². The number of morpholine rings is 1. The van der Waals surface area contributed by atoms with Crippen LogP contribution >= 0.6 is 0 Å². The van der Waals surface area contributed by atoms with Gasteiger partial charge in [0.25, 0.3) is 11.8 Å². The summed E-state index contributed by atoms with van der Waals surface area (Å²) in [5, 5.41) is 9.42. The zero-order valence-electron chi connectivity index (χ0n) is 28.9. The van der Waals surface area contributed by atoms with Crippen LogP contribution in [0, 0.1) is 11.3 Å². The Bertz CT molecular complexity index is 1530. The van der Waals surface area contributed by atoms with Crippen LogP contribution in [0.3, 0.4) is 0 Å². The zero-order valence-corrected chi connectivity index (χ0v) is 28.9. The molecule has 3 heterocycles. The molecule has 2 amide bonds. The second-order valence-corrected chi connectivity index (χ2v) is 11.6. The largest absolute Gasteiger partial charge is 0.382 e. The van der Waals surface area contributed by atoms with Crippen molar-refractivity contribution in [3.05, 3.63) is 76.4 Å². The van der Waals surface area contributed by atoms with Crippen molar-refractivity contribution in [3.8, 4) is 6.07 Å². The maximum Gasteiger partial charge on any atom is 0.261 e.